The van der Waals surface area contributed by atoms with Gasteiger partial charge in [-0.3, -0.25) is 0 Å². The van der Waals surface area contributed by atoms with Crippen LogP contribution in [-0.2, 0) is 0 Å². The summed E-state index contributed by atoms with van der Waals surface area (Å²) >= 11 is 6.01. The molecule has 17 heavy (non-hydrogen) atoms. The van der Waals surface area contributed by atoms with E-state index in [0.29, 0.717) is 5.92 Å². The number of alkyl halides is 1. The molecule has 1 rings (SSSR count). The Morgan fingerprint density at radius 3 is 2.35 bits per heavy atom. The molecule has 0 heterocycles. The van der Waals surface area contributed by atoms with E-state index < -0.39 is 0 Å². The first-order valence-corrected chi connectivity index (χ1v) is 6.81. The highest BCUT2D eigenvalue weighted by atomic mass is 35.5. The molecule has 0 fully saturated rings. The Kier molecular flexibility index (Phi) is 5.84. The first-order valence-electron chi connectivity index (χ1n) is 6.28. The molecule has 0 aliphatic heterocycles. The molecular formula is C15H23ClO. The smallest absolute Gasteiger partial charge is 0.119 e. The van der Waals surface area contributed by atoms with Crippen molar-refractivity contribution in [1.82, 2.24) is 0 Å². The van der Waals surface area contributed by atoms with Gasteiger partial charge in [0.1, 0.15) is 5.75 Å². The van der Waals surface area contributed by atoms with Crippen LogP contribution in [0.5, 0.6) is 5.75 Å². The zero-order valence-electron chi connectivity index (χ0n) is 11.1. The van der Waals surface area contributed by atoms with Crippen molar-refractivity contribution in [3.63, 3.8) is 0 Å². The SMILES string of the molecule is CC(C)(C)C(CCl)CCCOc1ccccc1. The largest absolute Gasteiger partial charge is 0.494 e. The van der Waals surface area contributed by atoms with Gasteiger partial charge in [-0.25, -0.2) is 0 Å². The van der Waals surface area contributed by atoms with Gasteiger partial charge < -0.3 is 4.74 Å². The second kappa shape index (κ2) is 6.90. The Morgan fingerprint density at radius 2 is 1.82 bits per heavy atom. The van der Waals surface area contributed by atoms with Gasteiger partial charge in [-0.05, 0) is 36.3 Å². The predicted octanol–water partition coefficient (Wildman–Crippen LogP) is 4.75. The summed E-state index contributed by atoms with van der Waals surface area (Å²) in [4.78, 5) is 0. The highest BCUT2D eigenvalue weighted by Crippen LogP contribution is 2.30. The number of hydrogen-bond donors (Lipinski definition) is 0. The molecule has 0 saturated heterocycles. The van der Waals surface area contributed by atoms with Crippen LogP contribution in [0.4, 0.5) is 0 Å². The number of para-hydroxylation sites is 1. The van der Waals surface area contributed by atoms with Gasteiger partial charge in [-0.1, -0.05) is 39.0 Å². The van der Waals surface area contributed by atoms with E-state index in [-0.39, 0.29) is 5.41 Å². The molecule has 0 spiro atoms. The van der Waals surface area contributed by atoms with Crippen LogP contribution < -0.4 is 4.74 Å². The lowest BCUT2D eigenvalue weighted by molar-refractivity contribution is 0.223. The van der Waals surface area contributed by atoms with Crippen molar-refractivity contribution in [2.45, 2.75) is 33.6 Å². The van der Waals surface area contributed by atoms with Gasteiger partial charge in [0.05, 0.1) is 6.61 Å². The first kappa shape index (κ1) is 14.4. The van der Waals surface area contributed by atoms with E-state index in [4.69, 9.17) is 16.3 Å². The zero-order chi connectivity index (χ0) is 12.7. The summed E-state index contributed by atoms with van der Waals surface area (Å²) in [6.45, 7) is 7.52. The van der Waals surface area contributed by atoms with Crippen molar-refractivity contribution in [3.05, 3.63) is 30.3 Å². The topological polar surface area (TPSA) is 9.23 Å². The van der Waals surface area contributed by atoms with E-state index in [1.54, 1.807) is 0 Å². The normalized spacial score (nSPS) is 13.4. The Bertz CT molecular complexity index is 302. The molecule has 1 nitrogen and oxygen atoms in total. The third kappa shape index (κ3) is 5.45. The molecule has 96 valence electrons. The van der Waals surface area contributed by atoms with Crippen LogP contribution in [0.25, 0.3) is 0 Å². The van der Waals surface area contributed by atoms with Crippen molar-refractivity contribution < 1.29 is 4.74 Å². The second-order valence-corrected chi connectivity index (χ2v) is 5.83. The van der Waals surface area contributed by atoms with Crippen molar-refractivity contribution in [2.24, 2.45) is 11.3 Å². The summed E-state index contributed by atoms with van der Waals surface area (Å²) < 4.78 is 5.67. The quantitative estimate of drug-likeness (QED) is 0.526. The van der Waals surface area contributed by atoms with Gasteiger partial charge in [-0.15, -0.1) is 11.6 Å². The Labute approximate surface area is 110 Å². The Morgan fingerprint density at radius 1 is 1.18 bits per heavy atom. The monoisotopic (exact) mass is 254 g/mol. The zero-order valence-corrected chi connectivity index (χ0v) is 11.8. The number of rotatable bonds is 6. The van der Waals surface area contributed by atoms with E-state index >= 15 is 0 Å². The third-order valence-corrected chi connectivity index (χ3v) is 3.49. The van der Waals surface area contributed by atoms with E-state index in [1.807, 2.05) is 30.3 Å². The van der Waals surface area contributed by atoms with Gasteiger partial charge in [0, 0.05) is 5.88 Å². The molecule has 2 heteroatoms. The van der Waals surface area contributed by atoms with Crippen LogP contribution in [0.3, 0.4) is 0 Å². The molecule has 0 saturated carbocycles. The fourth-order valence-electron chi connectivity index (χ4n) is 1.78. The Balaban J connectivity index is 2.24. The molecule has 0 aliphatic carbocycles. The van der Waals surface area contributed by atoms with Crippen molar-refractivity contribution in [1.29, 1.82) is 0 Å². The van der Waals surface area contributed by atoms with Gasteiger partial charge >= 0.3 is 0 Å². The number of halogens is 1. The minimum absolute atomic E-state index is 0.286. The van der Waals surface area contributed by atoms with Gasteiger partial charge in [0.15, 0.2) is 0 Å². The van der Waals surface area contributed by atoms with Crippen molar-refractivity contribution >= 4 is 11.6 Å². The molecule has 0 bridgehead atoms. The highest BCUT2D eigenvalue weighted by Gasteiger charge is 2.22. The lowest BCUT2D eigenvalue weighted by atomic mass is 9.79. The van der Waals surface area contributed by atoms with Crippen molar-refractivity contribution in [3.8, 4) is 5.75 Å². The lowest BCUT2D eigenvalue weighted by Gasteiger charge is -2.28. The van der Waals surface area contributed by atoms with E-state index in [1.165, 1.54) is 0 Å². The highest BCUT2D eigenvalue weighted by molar-refractivity contribution is 6.18. The second-order valence-electron chi connectivity index (χ2n) is 5.52. The Hall–Kier alpha value is -0.690. The van der Waals surface area contributed by atoms with Gasteiger partial charge in [0.2, 0.25) is 0 Å². The van der Waals surface area contributed by atoms with E-state index in [0.717, 1.165) is 31.1 Å². The van der Waals surface area contributed by atoms with Crippen LogP contribution >= 0.6 is 11.6 Å². The molecule has 0 aromatic heterocycles. The fraction of sp³-hybridized carbons (Fsp3) is 0.600. The molecule has 1 unspecified atom stereocenters. The number of benzene rings is 1. The van der Waals surface area contributed by atoms with E-state index in [9.17, 15) is 0 Å². The summed E-state index contributed by atoms with van der Waals surface area (Å²) in [6, 6.07) is 9.96. The minimum atomic E-state index is 0.286. The van der Waals surface area contributed by atoms with Crippen LogP contribution in [0.2, 0.25) is 0 Å². The summed E-state index contributed by atoms with van der Waals surface area (Å²) in [6.07, 6.45) is 2.18. The maximum absolute atomic E-state index is 6.01. The average molecular weight is 255 g/mol. The molecule has 1 aromatic carbocycles. The van der Waals surface area contributed by atoms with Gasteiger partial charge in [0.25, 0.3) is 0 Å². The summed E-state index contributed by atoms with van der Waals surface area (Å²) in [5.41, 5.74) is 0.286. The minimum Gasteiger partial charge on any atom is -0.494 e. The molecule has 0 radical (unpaired) electrons. The fourth-order valence-corrected chi connectivity index (χ4v) is 2.40. The maximum atomic E-state index is 6.01. The molecular weight excluding hydrogens is 232 g/mol. The van der Waals surface area contributed by atoms with Crippen LogP contribution in [0.15, 0.2) is 30.3 Å². The maximum Gasteiger partial charge on any atom is 0.119 e. The van der Waals surface area contributed by atoms with E-state index in [2.05, 4.69) is 20.8 Å². The summed E-state index contributed by atoms with van der Waals surface area (Å²) in [5.74, 6) is 2.24. The molecule has 1 atom stereocenters. The lowest BCUT2D eigenvalue weighted by Crippen LogP contribution is -2.22. The average Bonchev–Trinajstić information content (AvgIpc) is 2.28. The van der Waals surface area contributed by atoms with Crippen LogP contribution in [-0.4, -0.2) is 12.5 Å². The van der Waals surface area contributed by atoms with Crippen molar-refractivity contribution in [2.75, 3.05) is 12.5 Å². The summed E-state index contributed by atoms with van der Waals surface area (Å²) in [7, 11) is 0. The van der Waals surface area contributed by atoms with Crippen LogP contribution in [0.1, 0.15) is 33.6 Å². The first-order chi connectivity index (χ1) is 8.04. The molecule has 0 amide bonds. The van der Waals surface area contributed by atoms with Gasteiger partial charge in [-0.2, -0.15) is 0 Å². The molecule has 1 aromatic rings. The third-order valence-electron chi connectivity index (χ3n) is 3.12. The standard InChI is InChI=1S/C15H23ClO/c1-15(2,3)13(12-16)8-7-11-17-14-9-5-4-6-10-14/h4-6,9-10,13H,7-8,11-12H2,1-3H3. The van der Waals surface area contributed by atoms with Crippen LogP contribution in [0, 0.1) is 11.3 Å². The summed E-state index contributed by atoms with van der Waals surface area (Å²) in [5, 5.41) is 0. The predicted molar refractivity (Wildman–Crippen MR) is 74.8 cm³/mol. The number of hydrogen-bond acceptors (Lipinski definition) is 1. The molecule has 0 N–H and O–H groups in total. The molecule has 0 aliphatic rings. The number of ether oxygens (including phenoxy) is 1.